The fourth-order valence-corrected chi connectivity index (χ4v) is 2.68. The van der Waals surface area contributed by atoms with Gasteiger partial charge >= 0.3 is 0 Å². The molecular formula is C14H16N4S. The van der Waals surface area contributed by atoms with E-state index in [0.29, 0.717) is 4.77 Å². The zero-order valence-electron chi connectivity index (χ0n) is 10.9. The van der Waals surface area contributed by atoms with E-state index in [1.54, 1.807) is 0 Å². The average Bonchev–Trinajstić information content (AvgIpc) is 2.39. The molecule has 2 aromatic heterocycles. The molecule has 0 aromatic carbocycles. The summed E-state index contributed by atoms with van der Waals surface area (Å²) >= 11 is 5.06. The molecule has 98 valence electrons. The van der Waals surface area contributed by atoms with E-state index in [1.807, 2.05) is 18.6 Å². The van der Waals surface area contributed by atoms with Gasteiger partial charge in [-0.2, -0.15) is 0 Å². The summed E-state index contributed by atoms with van der Waals surface area (Å²) in [5, 5.41) is 0. The number of fused-ring (bicyclic) bond motifs is 1. The first kappa shape index (κ1) is 12.4. The molecule has 3 heterocycles. The molecule has 5 heteroatoms. The predicted molar refractivity (Wildman–Crippen MR) is 76.2 cm³/mol. The average molecular weight is 272 g/mol. The monoisotopic (exact) mass is 272 g/mol. The Kier molecular flexibility index (Phi) is 3.40. The summed E-state index contributed by atoms with van der Waals surface area (Å²) in [5.41, 5.74) is 4.96. The first-order chi connectivity index (χ1) is 9.20. The highest BCUT2D eigenvalue weighted by molar-refractivity contribution is 7.71. The number of aromatic amines is 1. The third-order valence-electron chi connectivity index (χ3n) is 3.39. The zero-order valence-corrected chi connectivity index (χ0v) is 11.7. The van der Waals surface area contributed by atoms with Crippen LogP contribution in [0.2, 0.25) is 0 Å². The van der Waals surface area contributed by atoms with Crippen LogP contribution >= 0.6 is 12.2 Å². The van der Waals surface area contributed by atoms with Gasteiger partial charge in [-0.05, 0) is 30.3 Å². The molecule has 19 heavy (non-hydrogen) atoms. The Morgan fingerprint density at radius 3 is 3.11 bits per heavy atom. The zero-order chi connectivity index (χ0) is 13.2. The van der Waals surface area contributed by atoms with E-state index < -0.39 is 0 Å². The molecule has 0 atom stereocenters. The van der Waals surface area contributed by atoms with E-state index in [4.69, 9.17) is 12.2 Å². The van der Waals surface area contributed by atoms with Crippen LogP contribution in [0.4, 0.5) is 0 Å². The van der Waals surface area contributed by atoms with Crippen molar-refractivity contribution in [1.29, 1.82) is 0 Å². The van der Waals surface area contributed by atoms with Crippen LogP contribution in [0.5, 0.6) is 0 Å². The number of nitrogens with one attached hydrogen (secondary N) is 1. The lowest BCUT2D eigenvalue weighted by atomic mass is 10.1. The molecule has 0 amide bonds. The SMILES string of the molecule is Cc1cncc(CN2CCc3[nH]c(=S)ncc3C2)c1. The van der Waals surface area contributed by atoms with Crippen LogP contribution in [-0.2, 0) is 19.5 Å². The number of rotatable bonds is 2. The molecule has 0 aliphatic carbocycles. The Morgan fingerprint density at radius 1 is 1.37 bits per heavy atom. The fraction of sp³-hybridized carbons (Fsp3) is 0.357. The highest BCUT2D eigenvalue weighted by Gasteiger charge is 2.17. The van der Waals surface area contributed by atoms with E-state index in [1.165, 1.54) is 22.4 Å². The molecule has 0 saturated heterocycles. The third kappa shape index (κ3) is 2.88. The second kappa shape index (κ2) is 5.19. The number of pyridine rings is 1. The molecule has 4 nitrogen and oxygen atoms in total. The summed E-state index contributed by atoms with van der Waals surface area (Å²) < 4.78 is 0.579. The van der Waals surface area contributed by atoms with Crippen molar-refractivity contribution in [3.05, 3.63) is 51.8 Å². The lowest BCUT2D eigenvalue weighted by Gasteiger charge is -2.28. The predicted octanol–water partition coefficient (Wildman–Crippen LogP) is 2.40. The smallest absolute Gasteiger partial charge is 0.196 e. The summed E-state index contributed by atoms with van der Waals surface area (Å²) in [6.07, 6.45) is 6.73. The molecular weight excluding hydrogens is 256 g/mol. The number of nitrogens with zero attached hydrogens (tertiary/aromatic N) is 3. The minimum atomic E-state index is 0.579. The van der Waals surface area contributed by atoms with Crippen LogP contribution in [0.3, 0.4) is 0 Å². The molecule has 1 N–H and O–H groups in total. The van der Waals surface area contributed by atoms with Gasteiger partial charge in [-0.15, -0.1) is 0 Å². The van der Waals surface area contributed by atoms with Gasteiger partial charge in [0.05, 0.1) is 0 Å². The van der Waals surface area contributed by atoms with Gasteiger partial charge in [0.15, 0.2) is 4.77 Å². The molecule has 1 aliphatic heterocycles. The first-order valence-electron chi connectivity index (χ1n) is 6.41. The normalized spacial score (nSPS) is 15.2. The van der Waals surface area contributed by atoms with Crippen molar-refractivity contribution in [2.45, 2.75) is 26.4 Å². The first-order valence-corrected chi connectivity index (χ1v) is 6.81. The summed E-state index contributed by atoms with van der Waals surface area (Å²) in [5.74, 6) is 0. The maximum absolute atomic E-state index is 5.06. The van der Waals surface area contributed by atoms with Gasteiger partial charge in [0.1, 0.15) is 0 Å². The molecule has 0 saturated carbocycles. The molecule has 3 rings (SSSR count). The van der Waals surface area contributed by atoms with Gasteiger partial charge in [0.25, 0.3) is 0 Å². The van der Waals surface area contributed by atoms with Crippen LogP contribution in [-0.4, -0.2) is 26.4 Å². The highest BCUT2D eigenvalue weighted by atomic mass is 32.1. The Balaban J connectivity index is 1.75. The molecule has 2 aromatic rings. The van der Waals surface area contributed by atoms with Crippen molar-refractivity contribution >= 4 is 12.2 Å². The lowest BCUT2D eigenvalue weighted by molar-refractivity contribution is 0.242. The molecule has 0 fully saturated rings. The van der Waals surface area contributed by atoms with Gasteiger partial charge in [-0.25, -0.2) is 4.98 Å². The summed E-state index contributed by atoms with van der Waals surface area (Å²) in [4.78, 5) is 14.0. The van der Waals surface area contributed by atoms with Crippen molar-refractivity contribution < 1.29 is 0 Å². The third-order valence-corrected chi connectivity index (χ3v) is 3.60. The number of aryl methyl sites for hydroxylation is 1. The minimum Gasteiger partial charge on any atom is -0.334 e. The summed E-state index contributed by atoms with van der Waals surface area (Å²) in [6, 6.07) is 2.19. The van der Waals surface area contributed by atoms with Crippen LogP contribution in [0, 0.1) is 11.7 Å². The molecule has 0 bridgehead atoms. The molecule has 0 unspecified atom stereocenters. The maximum Gasteiger partial charge on any atom is 0.196 e. The van der Waals surface area contributed by atoms with E-state index >= 15 is 0 Å². The van der Waals surface area contributed by atoms with E-state index in [2.05, 4.69) is 32.8 Å². The van der Waals surface area contributed by atoms with Gasteiger partial charge in [0, 0.05) is 55.9 Å². The Hall–Kier alpha value is -1.59. The number of H-pyrrole nitrogens is 1. The van der Waals surface area contributed by atoms with Crippen molar-refractivity contribution in [3.63, 3.8) is 0 Å². The Labute approximate surface area is 117 Å². The second-order valence-electron chi connectivity index (χ2n) is 5.02. The van der Waals surface area contributed by atoms with Gasteiger partial charge in [-0.1, -0.05) is 6.07 Å². The fourth-order valence-electron chi connectivity index (χ4n) is 2.50. The maximum atomic E-state index is 5.06. The largest absolute Gasteiger partial charge is 0.334 e. The van der Waals surface area contributed by atoms with Crippen LogP contribution in [0.15, 0.2) is 24.7 Å². The van der Waals surface area contributed by atoms with E-state index in [-0.39, 0.29) is 0 Å². The Bertz CT molecular complexity index is 650. The Morgan fingerprint density at radius 2 is 2.26 bits per heavy atom. The van der Waals surface area contributed by atoms with Crippen LogP contribution in [0.25, 0.3) is 0 Å². The lowest BCUT2D eigenvalue weighted by Crippen LogP contribution is -2.30. The highest BCUT2D eigenvalue weighted by Crippen LogP contribution is 2.18. The standard InChI is InChI=1S/C14H16N4S/c1-10-4-11(6-15-5-10)8-18-3-2-13-12(9-18)7-16-14(19)17-13/h4-7H,2-3,8-9H2,1H3,(H,16,17,19). The van der Waals surface area contributed by atoms with Gasteiger partial charge < -0.3 is 4.98 Å². The molecule has 0 radical (unpaired) electrons. The van der Waals surface area contributed by atoms with Crippen molar-refractivity contribution in [2.24, 2.45) is 0 Å². The van der Waals surface area contributed by atoms with Crippen molar-refractivity contribution in [3.8, 4) is 0 Å². The number of hydrogen-bond donors (Lipinski definition) is 1. The summed E-state index contributed by atoms with van der Waals surface area (Å²) in [6.45, 7) is 4.97. The van der Waals surface area contributed by atoms with Gasteiger partial charge in [-0.3, -0.25) is 9.88 Å². The number of hydrogen-bond acceptors (Lipinski definition) is 4. The van der Waals surface area contributed by atoms with Crippen molar-refractivity contribution in [2.75, 3.05) is 6.54 Å². The molecule has 0 spiro atoms. The molecule has 1 aliphatic rings. The van der Waals surface area contributed by atoms with Crippen molar-refractivity contribution in [1.82, 2.24) is 19.9 Å². The summed E-state index contributed by atoms with van der Waals surface area (Å²) in [7, 11) is 0. The minimum absolute atomic E-state index is 0.579. The van der Waals surface area contributed by atoms with E-state index in [0.717, 1.165) is 26.1 Å². The number of aromatic nitrogens is 3. The van der Waals surface area contributed by atoms with Crippen LogP contribution < -0.4 is 0 Å². The topological polar surface area (TPSA) is 44.8 Å². The quantitative estimate of drug-likeness (QED) is 0.853. The van der Waals surface area contributed by atoms with Crippen LogP contribution in [0.1, 0.15) is 22.4 Å². The van der Waals surface area contributed by atoms with E-state index in [9.17, 15) is 0 Å². The second-order valence-corrected chi connectivity index (χ2v) is 5.41. The van der Waals surface area contributed by atoms with Gasteiger partial charge in [0.2, 0.25) is 0 Å².